The predicted molar refractivity (Wildman–Crippen MR) is 43.4 cm³/mol. The van der Waals surface area contributed by atoms with Crippen LogP contribution in [0, 0.1) is 19.1 Å². The molecule has 0 saturated carbocycles. The third-order valence-corrected chi connectivity index (χ3v) is 1.77. The zero-order valence-electron chi connectivity index (χ0n) is 7.00. The van der Waals surface area contributed by atoms with Gasteiger partial charge in [0.25, 0.3) is 5.91 Å². The Kier molecular flexibility index (Phi) is 1.99. The number of hydrogen-bond acceptors (Lipinski definition) is 2. The van der Waals surface area contributed by atoms with Gasteiger partial charge in [0, 0.05) is 19.9 Å². The molecule has 0 aliphatic rings. The summed E-state index contributed by atoms with van der Waals surface area (Å²) in [4.78, 5) is 10.8. The first-order chi connectivity index (χ1) is 5.54. The summed E-state index contributed by atoms with van der Waals surface area (Å²) in [5, 5.41) is 11.2. The van der Waals surface area contributed by atoms with Gasteiger partial charge in [-0.15, -0.1) is 0 Å². The average molecular weight is 166 g/mol. The minimum atomic E-state index is -0.572. The second kappa shape index (κ2) is 2.81. The lowest BCUT2D eigenvalue weighted by molar-refractivity contribution is -0.619. The number of carbonyl (C=O) groups is 1. The van der Waals surface area contributed by atoms with Crippen molar-refractivity contribution >= 4 is 5.91 Å². The molecule has 1 rings (SSSR count). The lowest BCUT2D eigenvalue weighted by Crippen LogP contribution is -2.36. The molecule has 1 amide bonds. The van der Waals surface area contributed by atoms with E-state index in [1.165, 1.54) is 0 Å². The minimum Gasteiger partial charge on any atom is -0.618 e. The smallest absolute Gasteiger partial charge is 0.255 e. The van der Waals surface area contributed by atoms with Crippen molar-refractivity contribution in [3.8, 4) is 0 Å². The Morgan fingerprint density at radius 2 is 2.08 bits per heavy atom. The molecule has 0 aliphatic heterocycles. The van der Waals surface area contributed by atoms with Crippen molar-refractivity contribution < 1.29 is 9.52 Å². The van der Waals surface area contributed by atoms with Gasteiger partial charge < -0.3 is 10.9 Å². The van der Waals surface area contributed by atoms with Crippen LogP contribution in [-0.2, 0) is 0 Å². The quantitative estimate of drug-likeness (QED) is 0.472. The van der Waals surface area contributed by atoms with Gasteiger partial charge in [-0.25, -0.2) is 0 Å². The minimum absolute atomic E-state index is 0.274. The average Bonchev–Trinajstić information content (AvgIpc) is 2.00. The maximum atomic E-state index is 11.2. The second-order valence-corrected chi connectivity index (χ2v) is 2.63. The number of nitrogens with two attached hydrogens (primary N) is 1. The van der Waals surface area contributed by atoms with Crippen LogP contribution in [0.1, 0.15) is 21.7 Å². The molecule has 1 aromatic heterocycles. The fraction of sp³-hybridized carbons (Fsp3) is 0.250. The van der Waals surface area contributed by atoms with E-state index in [4.69, 9.17) is 5.73 Å². The van der Waals surface area contributed by atoms with Crippen molar-refractivity contribution in [2.75, 3.05) is 0 Å². The first-order valence-corrected chi connectivity index (χ1v) is 3.53. The highest BCUT2D eigenvalue weighted by Crippen LogP contribution is 2.02. The van der Waals surface area contributed by atoms with Gasteiger partial charge in [0.2, 0.25) is 5.69 Å². The van der Waals surface area contributed by atoms with Crippen molar-refractivity contribution in [1.82, 2.24) is 0 Å². The summed E-state index contributed by atoms with van der Waals surface area (Å²) in [6.45, 7) is 3.24. The van der Waals surface area contributed by atoms with Gasteiger partial charge in [-0.1, -0.05) is 0 Å². The summed E-state index contributed by atoms with van der Waals surface area (Å²) < 4.78 is 0.695. The van der Waals surface area contributed by atoms with Crippen LogP contribution in [0.25, 0.3) is 0 Å². The molecule has 0 unspecified atom stereocenters. The molecule has 0 aliphatic carbocycles. The van der Waals surface area contributed by atoms with Crippen molar-refractivity contribution in [3.63, 3.8) is 0 Å². The maximum Gasteiger partial charge on any atom is 0.255 e. The summed E-state index contributed by atoms with van der Waals surface area (Å²) in [5.41, 5.74) is 6.22. The molecular formula is C8H10N2O2. The Bertz CT molecular complexity index is 334. The fourth-order valence-corrected chi connectivity index (χ4v) is 1.03. The van der Waals surface area contributed by atoms with Gasteiger partial charge in [-0.05, 0) is 6.07 Å². The second-order valence-electron chi connectivity index (χ2n) is 2.63. The SMILES string of the molecule is Cc1ccc(C(N)=O)c(C)[n+]1[O-]. The third-order valence-electron chi connectivity index (χ3n) is 1.77. The molecule has 0 spiro atoms. The molecule has 1 heterocycles. The van der Waals surface area contributed by atoms with Gasteiger partial charge in [0.05, 0.1) is 0 Å². The molecule has 0 bridgehead atoms. The molecular weight excluding hydrogens is 156 g/mol. The van der Waals surface area contributed by atoms with E-state index in [9.17, 15) is 10.0 Å². The summed E-state index contributed by atoms with van der Waals surface area (Å²) in [6.07, 6.45) is 0. The van der Waals surface area contributed by atoms with Gasteiger partial charge in [0.1, 0.15) is 5.56 Å². The summed E-state index contributed by atoms with van der Waals surface area (Å²) in [7, 11) is 0. The van der Waals surface area contributed by atoms with Crippen LogP contribution in [0.2, 0.25) is 0 Å². The third kappa shape index (κ3) is 1.23. The van der Waals surface area contributed by atoms with Crippen LogP contribution < -0.4 is 10.5 Å². The number of amides is 1. The molecule has 64 valence electrons. The monoisotopic (exact) mass is 166 g/mol. The molecule has 2 N–H and O–H groups in total. The Morgan fingerprint density at radius 1 is 1.50 bits per heavy atom. The number of rotatable bonds is 1. The Labute approximate surface area is 70.2 Å². The Balaban J connectivity index is 3.36. The standard InChI is InChI=1S/C8H10N2O2/c1-5-3-4-7(8(9)11)6(2)10(5)12/h3-4H,1-2H3,(H2,9,11). The van der Waals surface area contributed by atoms with Crippen LogP contribution in [0.3, 0.4) is 0 Å². The highest BCUT2D eigenvalue weighted by molar-refractivity contribution is 5.93. The molecule has 4 nitrogen and oxygen atoms in total. The number of primary amides is 1. The van der Waals surface area contributed by atoms with Crippen LogP contribution in [-0.4, -0.2) is 5.91 Å². The number of carbonyl (C=O) groups excluding carboxylic acids is 1. The van der Waals surface area contributed by atoms with E-state index in [0.29, 0.717) is 16.1 Å². The molecule has 0 saturated heterocycles. The number of nitrogens with zero attached hydrogens (tertiary/aromatic N) is 1. The normalized spacial score (nSPS) is 9.83. The van der Waals surface area contributed by atoms with Gasteiger partial charge >= 0.3 is 0 Å². The summed E-state index contributed by atoms with van der Waals surface area (Å²) in [6, 6.07) is 3.13. The molecule has 0 radical (unpaired) electrons. The largest absolute Gasteiger partial charge is 0.618 e. The van der Waals surface area contributed by atoms with Crippen LogP contribution in [0.15, 0.2) is 12.1 Å². The van der Waals surface area contributed by atoms with E-state index in [-0.39, 0.29) is 5.56 Å². The molecule has 4 heteroatoms. The molecule has 0 fully saturated rings. The highest BCUT2D eigenvalue weighted by Gasteiger charge is 2.13. The molecule has 1 aromatic rings. The lowest BCUT2D eigenvalue weighted by Gasteiger charge is -2.05. The first-order valence-electron chi connectivity index (χ1n) is 3.53. The van der Waals surface area contributed by atoms with Crippen molar-refractivity contribution in [1.29, 1.82) is 0 Å². The number of aryl methyl sites for hydroxylation is 1. The summed E-state index contributed by atoms with van der Waals surface area (Å²) in [5.74, 6) is -0.572. The predicted octanol–water partition coefficient (Wildman–Crippen LogP) is 0.0357. The van der Waals surface area contributed by atoms with Crippen molar-refractivity contribution in [3.05, 3.63) is 34.3 Å². The number of pyridine rings is 1. The van der Waals surface area contributed by atoms with Crippen molar-refractivity contribution in [2.24, 2.45) is 5.73 Å². The molecule has 12 heavy (non-hydrogen) atoms. The highest BCUT2D eigenvalue weighted by atomic mass is 16.5. The van der Waals surface area contributed by atoms with Gasteiger partial charge in [0.15, 0.2) is 5.69 Å². The zero-order chi connectivity index (χ0) is 9.30. The number of hydrogen-bond donors (Lipinski definition) is 1. The lowest BCUT2D eigenvalue weighted by atomic mass is 10.2. The van der Waals surface area contributed by atoms with E-state index in [2.05, 4.69) is 0 Å². The molecule has 0 atom stereocenters. The van der Waals surface area contributed by atoms with E-state index >= 15 is 0 Å². The van der Waals surface area contributed by atoms with Crippen LogP contribution in [0.4, 0.5) is 0 Å². The Morgan fingerprint density at radius 3 is 2.58 bits per heavy atom. The topological polar surface area (TPSA) is 70.0 Å². The van der Waals surface area contributed by atoms with Crippen molar-refractivity contribution in [2.45, 2.75) is 13.8 Å². The summed E-state index contributed by atoms with van der Waals surface area (Å²) >= 11 is 0. The Hall–Kier alpha value is -1.58. The number of aromatic nitrogens is 1. The van der Waals surface area contributed by atoms with Crippen LogP contribution in [0.5, 0.6) is 0 Å². The zero-order valence-corrected chi connectivity index (χ0v) is 7.00. The molecule has 0 aromatic carbocycles. The van der Waals surface area contributed by atoms with E-state index in [1.807, 2.05) is 0 Å². The first kappa shape index (κ1) is 8.52. The maximum absolute atomic E-state index is 11.2. The van der Waals surface area contributed by atoms with E-state index in [0.717, 1.165) is 0 Å². The van der Waals surface area contributed by atoms with Crippen LogP contribution >= 0.6 is 0 Å². The van der Waals surface area contributed by atoms with E-state index < -0.39 is 5.91 Å². The van der Waals surface area contributed by atoms with Gasteiger partial charge in [-0.3, -0.25) is 4.79 Å². The van der Waals surface area contributed by atoms with E-state index in [1.54, 1.807) is 26.0 Å². The fourth-order valence-electron chi connectivity index (χ4n) is 1.03. The van der Waals surface area contributed by atoms with Gasteiger partial charge in [-0.2, -0.15) is 4.73 Å².